The van der Waals surface area contributed by atoms with Gasteiger partial charge in [0.25, 0.3) is 0 Å². The molecule has 1 aliphatic heterocycles. The van der Waals surface area contributed by atoms with Gasteiger partial charge in [-0.15, -0.1) is 0 Å². The Morgan fingerprint density at radius 1 is 1.18 bits per heavy atom. The number of aromatic nitrogens is 2. The third-order valence-corrected chi connectivity index (χ3v) is 4.29. The van der Waals surface area contributed by atoms with Gasteiger partial charge in [0.2, 0.25) is 0 Å². The van der Waals surface area contributed by atoms with Crippen molar-refractivity contribution in [2.24, 2.45) is 0 Å². The van der Waals surface area contributed by atoms with E-state index in [0.717, 1.165) is 5.56 Å². The molecule has 0 aliphatic carbocycles. The molecule has 2 heterocycles. The Balaban J connectivity index is 2.08. The molecule has 0 bridgehead atoms. The second kappa shape index (κ2) is 8.57. The predicted octanol–water partition coefficient (Wildman–Crippen LogP) is 1.33. The molecule has 3 rings (SSSR count). The summed E-state index contributed by atoms with van der Waals surface area (Å²) in [5.74, 6) is -0.796. The van der Waals surface area contributed by atoms with Crippen molar-refractivity contribution >= 4 is 17.6 Å². The lowest BCUT2D eigenvalue weighted by Gasteiger charge is -2.32. The summed E-state index contributed by atoms with van der Waals surface area (Å²) in [6.07, 6.45) is 5.26. The van der Waals surface area contributed by atoms with Gasteiger partial charge in [-0.3, -0.25) is 0 Å². The standard InChI is InChI=1S/C19H21N3O6/c1-25-16-5-4-13(9-21-7-6-20-11-21)8-15(16)22-12-28-10-14(18(23)26-2)17(22)19(24)27-3/h4-8,11H,9-10,12H2,1-3H3. The van der Waals surface area contributed by atoms with Crippen molar-refractivity contribution in [3.8, 4) is 5.75 Å². The predicted molar refractivity (Wildman–Crippen MR) is 98.7 cm³/mol. The molecule has 0 spiro atoms. The summed E-state index contributed by atoms with van der Waals surface area (Å²) >= 11 is 0. The number of rotatable bonds is 6. The zero-order valence-corrected chi connectivity index (χ0v) is 15.9. The van der Waals surface area contributed by atoms with Gasteiger partial charge in [0.05, 0.1) is 45.5 Å². The molecule has 1 aromatic heterocycles. The number of hydrogen-bond acceptors (Lipinski definition) is 8. The minimum Gasteiger partial charge on any atom is -0.495 e. The number of carbonyl (C=O) groups is 2. The van der Waals surface area contributed by atoms with Crippen LogP contribution in [0.3, 0.4) is 0 Å². The first kappa shape index (κ1) is 19.4. The highest BCUT2D eigenvalue weighted by atomic mass is 16.5. The van der Waals surface area contributed by atoms with Crippen LogP contribution < -0.4 is 9.64 Å². The molecule has 9 heteroatoms. The zero-order chi connectivity index (χ0) is 20.1. The smallest absolute Gasteiger partial charge is 0.355 e. The summed E-state index contributed by atoms with van der Waals surface area (Å²) in [5, 5.41) is 0. The lowest BCUT2D eigenvalue weighted by Crippen LogP contribution is -2.39. The van der Waals surface area contributed by atoms with Crippen molar-refractivity contribution in [1.29, 1.82) is 0 Å². The average Bonchev–Trinajstić information content (AvgIpc) is 3.25. The molecule has 0 atom stereocenters. The number of carbonyl (C=O) groups excluding carboxylic acids is 2. The number of ether oxygens (including phenoxy) is 4. The van der Waals surface area contributed by atoms with Gasteiger partial charge in [-0.25, -0.2) is 14.6 Å². The van der Waals surface area contributed by atoms with Gasteiger partial charge in [-0.1, -0.05) is 6.07 Å². The fraction of sp³-hybridized carbons (Fsp3) is 0.316. The van der Waals surface area contributed by atoms with Crippen LogP contribution in [0.2, 0.25) is 0 Å². The molecule has 0 radical (unpaired) electrons. The molecule has 0 N–H and O–H groups in total. The summed E-state index contributed by atoms with van der Waals surface area (Å²) in [6.45, 7) is 0.577. The van der Waals surface area contributed by atoms with Crippen LogP contribution in [0.1, 0.15) is 5.56 Å². The SMILES string of the molecule is COC(=O)C1=C(C(=O)OC)N(c2cc(Cn3ccnc3)ccc2OC)COC1. The Bertz CT molecular complexity index is 891. The van der Waals surface area contributed by atoms with E-state index in [0.29, 0.717) is 18.0 Å². The van der Waals surface area contributed by atoms with Crippen molar-refractivity contribution in [2.45, 2.75) is 6.54 Å². The Kier molecular flexibility index (Phi) is 5.95. The number of hydrogen-bond donors (Lipinski definition) is 0. The van der Waals surface area contributed by atoms with E-state index in [1.807, 2.05) is 22.9 Å². The van der Waals surface area contributed by atoms with Crippen LogP contribution in [0, 0.1) is 0 Å². The maximum absolute atomic E-state index is 12.5. The lowest BCUT2D eigenvalue weighted by atomic mass is 10.1. The van der Waals surface area contributed by atoms with Crippen LogP contribution in [0.4, 0.5) is 5.69 Å². The maximum Gasteiger partial charge on any atom is 0.355 e. The normalized spacial score (nSPS) is 14.0. The van der Waals surface area contributed by atoms with Crippen molar-refractivity contribution in [3.63, 3.8) is 0 Å². The molecule has 28 heavy (non-hydrogen) atoms. The van der Waals surface area contributed by atoms with E-state index in [1.165, 1.54) is 21.3 Å². The highest BCUT2D eigenvalue weighted by Crippen LogP contribution is 2.35. The van der Waals surface area contributed by atoms with Crippen LogP contribution in [0.5, 0.6) is 5.75 Å². The van der Waals surface area contributed by atoms with Gasteiger partial charge in [0.15, 0.2) is 0 Å². The summed E-state index contributed by atoms with van der Waals surface area (Å²) in [7, 11) is 4.03. The van der Waals surface area contributed by atoms with Crippen molar-refractivity contribution in [3.05, 3.63) is 53.8 Å². The number of esters is 2. The number of imidazole rings is 1. The summed E-state index contributed by atoms with van der Waals surface area (Å²) in [4.78, 5) is 30.2. The summed E-state index contributed by atoms with van der Waals surface area (Å²) in [6, 6.07) is 5.57. The first-order chi connectivity index (χ1) is 13.6. The van der Waals surface area contributed by atoms with E-state index in [1.54, 1.807) is 23.5 Å². The molecule has 1 aliphatic rings. The van der Waals surface area contributed by atoms with Gasteiger partial charge < -0.3 is 28.4 Å². The third kappa shape index (κ3) is 3.84. The molecule has 0 fully saturated rings. The molecular formula is C19H21N3O6. The van der Waals surface area contributed by atoms with Crippen molar-refractivity contribution in [1.82, 2.24) is 9.55 Å². The quantitative estimate of drug-likeness (QED) is 0.686. The van der Waals surface area contributed by atoms with Gasteiger partial charge in [0, 0.05) is 18.9 Å². The van der Waals surface area contributed by atoms with E-state index in [9.17, 15) is 9.59 Å². The van der Waals surface area contributed by atoms with Crippen molar-refractivity contribution in [2.75, 3.05) is 39.6 Å². The molecular weight excluding hydrogens is 366 g/mol. The van der Waals surface area contributed by atoms with Gasteiger partial charge in [0.1, 0.15) is 18.2 Å². The molecule has 0 saturated carbocycles. The maximum atomic E-state index is 12.5. The Hall–Kier alpha value is -3.33. The van der Waals surface area contributed by atoms with Crippen LogP contribution in [0.15, 0.2) is 48.2 Å². The van der Waals surface area contributed by atoms with E-state index in [-0.39, 0.29) is 24.6 Å². The van der Waals surface area contributed by atoms with Crippen LogP contribution >= 0.6 is 0 Å². The van der Waals surface area contributed by atoms with Crippen molar-refractivity contribution < 1.29 is 28.5 Å². The number of benzene rings is 1. The minimum absolute atomic E-state index is 0.0509. The largest absolute Gasteiger partial charge is 0.495 e. The Labute approximate surface area is 162 Å². The molecule has 2 aromatic rings. The van der Waals surface area contributed by atoms with Crippen LogP contribution in [0.25, 0.3) is 0 Å². The monoisotopic (exact) mass is 387 g/mol. The minimum atomic E-state index is -0.661. The lowest BCUT2D eigenvalue weighted by molar-refractivity contribution is -0.140. The third-order valence-electron chi connectivity index (χ3n) is 4.29. The highest BCUT2D eigenvalue weighted by molar-refractivity contribution is 6.03. The average molecular weight is 387 g/mol. The van der Waals surface area contributed by atoms with E-state index < -0.39 is 11.9 Å². The van der Waals surface area contributed by atoms with Gasteiger partial charge in [-0.05, 0) is 17.7 Å². The molecule has 1 aromatic carbocycles. The van der Waals surface area contributed by atoms with E-state index in [4.69, 9.17) is 18.9 Å². The second-order valence-corrected chi connectivity index (χ2v) is 5.96. The Morgan fingerprint density at radius 3 is 2.61 bits per heavy atom. The zero-order valence-electron chi connectivity index (χ0n) is 15.9. The fourth-order valence-electron chi connectivity index (χ4n) is 2.97. The van der Waals surface area contributed by atoms with Gasteiger partial charge in [-0.2, -0.15) is 0 Å². The number of nitrogens with zero attached hydrogens (tertiary/aromatic N) is 3. The molecule has 148 valence electrons. The number of methoxy groups -OCH3 is 3. The molecule has 0 amide bonds. The summed E-state index contributed by atoms with van der Waals surface area (Å²) in [5.41, 5.74) is 1.67. The topological polar surface area (TPSA) is 92.1 Å². The number of anilines is 1. The van der Waals surface area contributed by atoms with E-state index in [2.05, 4.69) is 4.98 Å². The summed E-state index contributed by atoms with van der Waals surface area (Å²) < 4.78 is 22.6. The highest BCUT2D eigenvalue weighted by Gasteiger charge is 2.33. The fourth-order valence-corrected chi connectivity index (χ4v) is 2.97. The molecule has 0 saturated heterocycles. The Morgan fingerprint density at radius 2 is 1.96 bits per heavy atom. The van der Waals surface area contributed by atoms with E-state index >= 15 is 0 Å². The van der Waals surface area contributed by atoms with Gasteiger partial charge >= 0.3 is 11.9 Å². The first-order valence-electron chi connectivity index (χ1n) is 8.46. The van der Waals surface area contributed by atoms with Crippen LogP contribution in [-0.4, -0.2) is 56.2 Å². The second-order valence-electron chi connectivity index (χ2n) is 5.96. The first-order valence-corrected chi connectivity index (χ1v) is 8.46. The molecule has 0 unspecified atom stereocenters. The molecule has 9 nitrogen and oxygen atoms in total. The van der Waals surface area contributed by atoms with Crippen LogP contribution in [-0.2, 0) is 30.3 Å².